The Hall–Kier alpha value is 0.394. The van der Waals surface area contributed by atoms with Gasteiger partial charge in [-0.3, -0.25) is 0 Å². The highest BCUT2D eigenvalue weighted by Crippen LogP contribution is 2.07. The van der Waals surface area contributed by atoms with E-state index in [2.05, 4.69) is 39.3 Å². The monoisotopic (exact) mass is 206 g/mol. The lowest BCUT2D eigenvalue weighted by Gasteiger charge is -2.23. The van der Waals surface area contributed by atoms with Gasteiger partial charge in [0.1, 0.15) is 0 Å². The molecule has 0 saturated carbocycles. The van der Waals surface area contributed by atoms with Crippen molar-refractivity contribution in [2.24, 2.45) is 0 Å². The third-order valence-corrected chi connectivity index (χ3v) is 3.25. The van der Waals surface area contributed by atoms with Crippen LogP contribution in [0.4, 0.5) is 0 Å². The fraction of sp³-hybridized carbons (Fsp3) is 1.00. The van der Waals surface area contributed by atoms with E-state index in [1.165, 1.54) is 0 Å². The van der Waals surface area contributed by atoms with Crippen molar-refractivity contribution >= 4 is 16.4 Å². The van der Waals surface area contributed by atoms with Crippen LogP contribution in [0.5, 0.6) is 0 Å². The van der Waals surface area contributed by atoms with E-state index >= 15 is 0 Å². The van der Waals surface area contributed by atoms with Crippen molar-refractivity contribution in [2.75, 3.05) is 6.23 Å². The Labute approximate surface area is 80.7 Å². The third-order valence-electron chi connectivity index (χ3n) is 0.938. The molecule has 0 unspecified atom stereocenters. The summed E-state index contributed by atoms with van der Waals surface area (Å²) in [6, 6.07) is 0. The molecule has 0 aromatic heterocycles. The molecule has 0 bridgehead atoms. The minimum Gasteiger partial charge on any atom is -0.421 e. The molecular weight excluding hydrogens is 180 g/mol. The van der Waals surface area contributed by atoms with Gasteiger partial charge in [0.2, 0.25) is 0 Å². The van der Waals surface area contributed by atoms with Gasteiger partial charge in [-0.1, -0.05) is 33.5 Å². The highest BCUT2D eigenvalue weighted by molar-refractivity contribution is 6.77. The van der Waals surface area contributed by atoms with Gasteiger partial charge in [-0.05, 0) is 19.6 Å². The van der Waals surface area contributed by atoms with Gasteiger partial charge in [-0.15, -0.1) is 0 Å². The zero-order chi connectivity index (χ0) is 10.4. The van der Waals surface area contributed by atoms with Crippen LogP contribution in [0.1, 0.15) is 13.8 Å². The smallest absolute Gasteiger partial charge is 0.183 e. The van der Waals surface area contributed by atoms with Gasteiger partial charge in [0.05, 0.1) is 8.07 Å². The molecule has 0 aromatic rings. The molecule has 3 heteroatoms. The van der Waals surface area contributed by atoms with Gasteiger partial charge in [0, 0.05) is 6.23 Å². The molecule has 12 heavy (non-hydrogen) atoms. The van der Waals surface area contributed by atoms with Crippen molar-refractivity contribution in [3.8, 4) is 0 Å². The van der Waals surface area contributed by atoms with Gasteiger partial charge in [-0.25, -0.2) is 0 Å². The average molecular weight is 206 g/mol. The topological polar surface area (TPSA) is 9.23 Å². The summed E-state index contributed by atoms with van der Waals surface area (Å²) in [6.07, 6.45) is 1.03. The molecule has 0 amide bonds. The first-order valence-corrected chi connectivity index (χ1v) is 12.0. The number of rotatable bonds is 3. The first-order valence-electron chi connectivity index (χ1n) is 4.85. The van der Waals surface area contributed by atoms with Crippen LogP contribution in [-0.2, 0) is 4.43 Å². The normalized spacial score (nSPS) is 12.0. The fourth-order valence-corrected chi connectivity index (χ4v) is 3.90. The highest BCUT2D eigenvalue weighted by Gasteiger charge is 2.20. The third kappa shape index (κ3) is 16.8. The Morgan fingerprint density at radius 1 is 0.833 bits per heavy atom. The maximum absolute atomic E-state index is 5.79. The summed E-state index contributed by atoms with van der Waals surface area (Å²) in [6.45, 7) is 17.8. The summed E-state index contributed by atoms with van der Waals surface area (Å²) in [5.74, 6) is 0. The maximum atomic E-state index is 5.79. The molecule has 0 aliphatic carbocycles. The molecule has 0 N–H and O–H groups in total. The lowest BCUT2D eigenvalue weighted by atomic mass is 11.0. The first kappa shape index (κ1) is 14.9. The summed E-state index contributed by atoms with van der Waals surface area (Å²) in [5.41, 5.74) is 0. The molecule has 0 radical (unpaired) electrons. The molecule has 0 saturated heterocycles. The van der Waals surface area contributed by atoms with Crippen molar-refractivity contribution in [2.45, 2.75) is 53.1 Å². The van der Waals surface area contributed by atoms with Crippen LogP contribution >= 0.6 is 0 Å². The summed E-state index contributed by atoms with van der Waals surface area (Å²) >= 11 is 0. The molecule has 76 valence electrons. The van der Waals surface area contributed by atoms with Crippen molar-refractivity contribution < 1.29 is 4.43 Å². The Bertz CT molecular complexity index is 86.1. The minimum atomic E-state index is -1.23. The quantitative estimate of drug-likeness (QED) is 0.639. The predicted molar refractivity (Wildman–Crippen MR) is 64.0 cm³/mol. The molecular formula is C9H26OSi2. The molecule has 0 rings (SSSR count). The fourth-order valence-electron chi connectivity index (χ4n) is 0.433. The zero-order valence-corrected chi connectivity index (χ0v) is 12.1. The first-order chi connectivity index (χ1) is 5.21. The standard InChI is InChI=1S/C7H20OSi2.C2H6/c1-9(2,3)7-8-10(4,5)6;1-2/h7H2,1-6H3;1-2H3. The van der Waals surface area contributed by atoms with E-state index in [0.29, 0.717) is 0 Å². The maximum Gasteiger partial charge on any atom is 0.183 e. The van der Waals surface area contributed by atoms with E-state index in [4.69, 9.17) is 4.43 Å². The average Bonchev–Trinajstić information content (AvgIpc) is 1.86. The Kier molecular flexibility index (Phi) is 7.37. The molecule has 0 atom stereocenters. The van der Waals surface area contributed by atoms with Crippen LogP contribution in [0.3, 0.4) is 0 Å². The van der Waals surface area contributed by atoms with Gasteiger partial charge < -0.3 is 4.43 Å². The van der Waals surface area contributed by atoms with Gasteiger partial charge in [-0.2, -0.15) is 0 Å². The molecule has 0 aromatic carbocycles. The minimum absolute atomic E-state index is 0.955. The van der Waals surface area contributed by atoms with E-state index in [1.54, 1.807) is 0 Å². The van der Waals surface area contributed by atoms with E-state index in [-0.39, 0.29) is 0 Å². The number of hydrogen-bond acceptors (Lipinski definition) is 1. The summed E-state index contributed by atoms with van der Waals surface area (Å²) < 4.78 is 5.79. The van der Waals surface area contributed by atoms with Gasteiger partial charge >= 0.3 is 0 Å². The molecule has 0 spiro atoms. The van der Waals surface area contributed by atoms with E-state index in [1.807, 2.05) is 13.8 Å². The van der Waals surface area contributed by atoms with Crippen LogP contribution in [0, 0.1) is 0 Å². The van der Waals surface area contributed by atoms with E-state index in [9.17, 15) is 0 Å². The van der Waals surface area contributed by atoms with Crippen LogP contribution in [0.15, 0.2) is 0 Å². The second-order valence-electron chi connectivity index (χ2n) is 4.96. The van der Waals surface area contributed by atoms with E-state index < -0.39 is 16.4 Å². The van der Waals surface area contributed by atoms with Crippen molar-refractivity contribution in [3.63, 3.8) is 0 Å². The summed E-state index contributed by atoms with van der Waals surface area (Å²) in [5, 5.41) is 0. The Morgan fingerprint density at radius 2 is 1.17 bits per heavy atom. The SMILES string of the molecule is CC.C[Si](C)(C)CO[Si](C)(C)C. The Morgan fingerprint density at radius 3 is 1.25 bits per heavy atom. The highest BCUT2D eigenvalue weighted by atomic mass is 28.4. The molecule has 0 fully saturated rings. The zero-order valence-electron chi connectivity index (χ0n) is 10.1. The molecule has 0 heterocycles. The summed E-state index contributed by atoms with van der Waals surface area (Å²) in [4.78, 5) is 0. The van der Waals surface area contributed by atoms with Crippen molar-refractivity contribution in [1.29, 1.82) is 0 Å². The van der Waals surface area contributed by atoms with Gasteiger partial charge in [0.25, 0.3) is 0 Å². The molecule has 1 nitrogen and oxygen atoms in total. The largest absolute Gasteiger partial charge is 0.421 e. The van der Waals surface area contributed by atoms with Crippen LogP contribution in [-0.4, -0.2) is 22.6 Å². The van der Waals surface area contributed by atoms with Crippen LogP contribution in [0.2, 0.25) is 39.3 Å². The lowest BCUT2D eigenvalue weighted by Crippen LogP contribution is -2.36. The van der Waals surface area contributed by atoms with E-state index in [0.717, 1.165) is 6.23 Å². The van der Waals surface area contributed by atoms with Gasteiger partial charge in [0.15, 0.2) is 8.32 Å². The second-order valence-corrected chi connectivity index (χ2v) is 14.9. The predicted octanol–water partition coefficient (Wildman–Crippen LogP) is 3.74. The lowest BCUT2D eigenvalue weighted by molar-refractivity contribution is 0.373. The van der Waals surface area contributed by atoms with Crippen molar-refractivity contribution in [1.82, 2.24) is 0 Å². The van der Waals surface area contributed by atoms with Crippen molar-refractivity contribution in [3.05, 3.63) is 0 Å². The summed E-state index contributed by atoms with van der Waals surface area (Å²) in [7, 11) is -2.19. The van der Waals surface area contributed by atoms with Crippen LogP contribution < -0.4 is 0 Å². The number of hydrogen-bond donors (Lipinski definition) is 0. The Balaban J connectivity index is 0. The second kappa shape index (κ2) is 5.94. The van der Waals surface area contributed by atoms with Crippen LogP contribution in [0.25, 0.3) is 0 Å². The molecule has 0 aliphatic rings. The molecule has 0 aliphatic heterocycles.